The molecule has 30 heteroatoms. The maximum atomic E-state index is 11.3. The number of rotatable bonds is 28. The summed E-state index contributed by atoms with van der Waals surface area (Å²) in [5.41, 5.74) is 0. The van der Waals surface area contributed by atoms with Gasteiger partial charge >= 0.3 is 74.7 Å². The first kappa shape index (κ1) is 71.3. The molecular weight excluding hydrogens is 1600 g/mol. The third kappa shape index (κ3) is 38.7. The Morgan fingerprint density at radius 3 is 1.03 bits per heavy atom. The first-order valence-electron chi connectivity index (χ1n) is 20.8. The van der Waals surface area contributed by atoms with Gasteiger partial charge in [0.2, 0.25) is 0 Å². The van der Waals surface area contributed by atoms with Gasteiger partial charge in [-0.05, 0) is 12.8 Å². The van der Waals surface area contributed by atoms with Crippen LogP contribution in [0.1, 0.15) is 104 Å². The van der Waals surface area contributed by atoms with Crippen molar-refractivity contribution in [3.05, 3.63) is 0 Å². The minimum atomic E-state index is -1.48. The van der Waals surface area contributed by atoms with Crippen LogP contribution < -0.4 is 13.3 Å². The standard InChI is InChI=1S/C17H27NO9.C12H24O5.C9H8N2O7.I3.I2.HI/c1-2-3-4-5-16(21)25-12-10-23-8-9-24-11-13-26-17(22)27-18-14(19)6-7-15(18)20;1-2-3-4-5-12(14)17-11-10-16-9-8-15-7-6-13;12-5-1-2-6(13)10(5)17-9(16)18-11-7(14)3-4-8(11)15;1-3-2;1-2;/h2-13H2,1H3;13H,2-11H2,1H3;1-4H2;;;1H/q;;;-1;;. The maximum absolute atomic E-state index is 11.3. The fourth-order valence-electron chi connectivity index (χ4n) is 4.74. The van der Waals surface area contributed by atoms with E-state index < -0.39 is 47.8 Å². The molecule has 3 fully saturated rings. The number of esters is 2. The molecule has 1 N–H and O–H groups in total. The average molecular weight is 1660 g/mol. The van der Waals surface area contributed by atoms with Crippen LogP contribution in [0.5, 0.6) is 0 Å². The molecular formula is C38H60I6N3O21-. The number of nitrogens with zero attached hydrogens (tertiary/aromatic N) is 3. The van der Waals surface area contributed by atoms with Crippen LogP contribution in [0, 0.1) is 0 Å². The van der Waals surface area contributed by atoms with E-state index in [1.165, 1.54) is 0 Å². The van der Waals surface area contributed by atoms with Crippen LogP contribution in [0.15, 0.2) is 0 Å². The smallest absolute Gasteiger partial charge is 0.293 e. The van der Waals surface area contributed by atoms with Crippen molar-refractivity contribution in [1.82, 2.24) is 15.2 Å². The molecule has 0 aliphatic carbocycles. The summed E-state index contributed by atoms with van der Waals surface area (Å²) in [6, 6.07) is 0. The molecule has 3 aliphatic rings. The predicted molar refractivity (Wildman–Crippen MR) is 275 cm³/mol. The molecule has 0 saturated carbocycles. The van der Waals surface area contributed by atoms with Crippen molar-refractivity contribution >= 4 is 158 Å². The zero-order chi connectivity index (χ0) is 50.7. The third-order valence-corrected chi connectivity index (χ3v) is 7.89. The van der Waals surface area contributed by atoms with E-state index >= 15 is 0 Å². The van der Waals surface area contributed by atoms with Crippen LogP contribution in [0.25, 0.3) is 0 Å². The summed E-state index contributed by atoms with van der Waals surface area (Å²) >= 11 is 9.54. The number of hydrogen-bond donors (Lipinski definition) is 1. The molecule has 0 aromatic heterocycles. The molecule has 396 valence electrons. The Bertz CT molecular complexity index is 1400. The zero-order valence-corrected chi connectivity index (χ0v) is 50.8. The molecule has 3 aliphatic heterocycles. The average Bonchev–Trinajstić information content (AvgIpc) is 3.92. The van der Waals surface area contributed by atoms with Crippen LogP contribution in [-0.4, -0.2) is 159 Å². The molecule has 0 bridgehead atoms. The van der Waals surface area contributed by atoms with Crippen LogP contribution >= 0.6 is 98.4 Å². The minimum Gasteiger partial charge on any atom is -0.293 e. The van der Waals surface area contributed by atoms with Crippen molar-refractivity contribution in [2.24, 2.45) is 0 Å². The van der Waals surface area contributed by atoms with Gasteiger partial charge in [-0.3, -0.25) is 52.9 Å². The van der Waals surface area contributed by atoms with Gasteiger partial charge < -0.3 is 38.3 Å². The zero-order valence-electron chi connectivity index (χ0n) is 37.6. The van der Waals surface area contributed by atoms with Crippen molar-refractivity contribution in [3.8, 4) is 0 Å². The van der Waals surface area contributed by atoms with Crippen LogP contribution in [0.4, 0.5) is 9.59 Å². The number of halogens is 6. The summed E-state index contributed by atoms with van der Waals surface area (Å²) in [6.07, 6.45) is 4.06. The Balaban J connectivity index is -0.000000909. The van der Waals surface area contributed by atoms with E-state index in [2.05, 4.69) is 108 Å². The van der Waals surface area contributed by atoms with Gasteiger partial charge in [-0.25, -0.2) is 4.79 Å². The number of hydrogen-bond acceptors (Lipinski definition) is 21. The summed E-state index contributed by atoms with van der Waals surface area (Å²) < 4.78 is 35.2. The third-order valence-electron chi connectivity index (χ3n) is 7.89. The second-order valence-electron chi connectivity index (χ2n) is 13.0. The van der Waals surface area contributed by atoms with E-state index in [0.29, 0.717) is 70.8 Å². The van der Waals surface area contributed by atoms with Gasteiger partial charge in [0, 0.05) is 88.6 Å². The van der Waals surface area contributed by atoms with Crippen molar-refractivity contribution in [1.29, 1.82) is 0 Å². The Labute approximate surface area is 465 Å². The van der Waals surface area contributed by atoms with E-state index in [1.807, 2.05) is 0 Å². The summed E-state index contributed by atoms with van der Waals surface area (Å²) in [4.78, 5) is 125. The number of carbonyl (C=O) groups is 10. The summed E-state index contributed by atoms with van der Waals surface area (Å²) in [7, 11) is 0. The second-order valence-corrected chi connectivity index (χ2v) is 29.2. The van der Waals surface area contributed by atoms with E-state index in [1.54, 1.807) is 0 Å². The number of unbranched alkanes of at least 4 members (excludes halogenated alkanes) is 4. The minimum absolute atomic E-state index is 0. The second kappa shape index (κ2) is 49.6. The van der Waals surface area contributed by atoms with Crippen molar-refractivity contribution < 1.29 is 114 Å². The molecule has 0 radical (unpaired) electrons. The van der Waals surface area contributed by atoms with Gasteiger partial charge in [-0.15, -0.1) is 24.0 Å². The molecule has 0 unspecified atom stereocenters. The number of aliphatic hydroxyl groups is 1. The van der Waals surface area contributed by atoms with E-state index in [-0.39, 0.29) is 124 Å². The number of ether oxygens (including phenoxy) is 7. The van der Waals surface area contributed by atoms with Crippen molar-refractivity contribution in [3.63, 3.8) is 0 Å². The molecule has 3 heterocycles. The SMILES string of the molecule is CCCCCC(=O)OCCOCCOCCO.CCCCCC(=O)OCCOCCOCCOC(=O)ON1C(=O)CCC1=O.I.II.I[I-]I.O=C(ON1C(=O)CCC1=O)ON1C(=O)CCC1=O. The Morgan fingerprint density at radius 1 is 0.471 bits per heavy atom. The summed E-state index contributed by atoms with van der Waals surface area (Å²) in [5.74, 6) is -4.25. The number of hydroxylamine groups is 6. The van der Waals surface area contributed by atoms with Gasteiger partial charge in [0.05, 0.1) is 59.5 Å². The number of aliphatic hydroxyl groups excluding tert-OH is 1. The predicted octanol–water partition coefficient (Wildman–Crippen LogP) is 2.93. The van der Waals surface area contributed by atoms with Gasteiger partial charge in [0.15, 0.2) is 0 Å². The molecule has 0 atom stereocenters. The van der Waals surface area contributed by atoms with E-state index in [9.17, 15) is 47.9 Å². The van der Waals surface area contributed by atoms with Gasteiger partial charge in [-0.2, -0.15) is 4.79 Å². The van der Waals surface area contributed by atoms with E-state index in [0.717, 1.165) is 38.5 Å². The van der Waals surface area contributed by atoms with Gasteiger partial charge in [0.1, 0.15) is 19.8 Å². The maximum Gasteiger partial charge on any atom is 0.560 e. The fraction of sp³-hybridized carbons (Fsp3) is 0.737. The molecule has 0 aromatic rings. The first-order chi connectivity index (χ1) is 32.2. The van der Waals surface area contributed by atoms with Crippen molar-refractivity contribution in [2.45, 2.75) is 104 Å². The Morgan fingerprint density at radius 2 is 0.735 bits per heavy atom. The molecule has 0 aromatic carbocycles. The quantitative estimate of drug-likeness (QED) is 0.0387. The van der Waals surface area contributed by atoms with Gasteiger partial charge in [-0.1, -0.05) is 54.7 Å². The Kier molecular flexibility index (Phi) is 52.1. The van der Waals surface area contributed by atoms with E-state index in [4.69, 9.17) is 33.5 Å². The van der Waals surface area contributed by atoms with Gasteiger partial charge in [0.25, 0.3) is 35.4 Å². The summed E-state index contributed by atoms with van der Waals surface area (Å²) in [5, 5.41) is 9.36. The topological polar surface area (TPSA) is 293 Å². The molecule has 68 heavy (non-hydrogen) atoms. The Hall–Kier alpha value is -0.920. The molecule has 3 saturated heterocycles. The number of carbonyl (C=O) groups excluding carboxylic acids is 10. The number of imide groups is 3. The normalized spacial score (nSPS) is 13.7. The first-order valence-corrected chi connectivity index (χ1v) is 39.7. The largest absolute Gasteiger partial charge is 0.560 e. The number of amides is 6. The molecule has 0 spiro atoms. The van der Waals surface area contributed by atoms with Crippen molar-refractivity contribution in [2.75, 3.05) is 79.3 Å². The molecule has 3 rings (SSSR count). The monoisotopic (exact) mass is 1660 g/mol. The van der Waals surface area contributed by atoms with Crippen LogP contribution in [-0.2, 0) is 86.0 Å². The molecule has 24 nitrogen and oxygen atoms in total. The van der Waals surface area contributed by atoms with Crippen LogP contribution in [0.2, 0.25) is 0 Å². The molecule has 6 amide bonds. The van der Waals surface area contributed by atoms with Crippen LogP contribution in [0.3, 0.4) is 0 Å². The fourth-order valence-corrected chi connectivity index (χ4v) is 4.74. The summed E-state index contributed by atoms with van der Waals surface area (Å²) in [6.45, 7) is 7.17.